The van der Waals surface area contributed by atoms with Gasteiger partial charge >= 0.3 is 0 Å². The van der Waals surface area contributed by atoms with E-state index >= 15 is 0 Å². The Morgan fingerprint density at radius 2 is 2.27 bits per heavy atom. The van der Waals surface area contributed by atoms with E-state index in [9.17, 15) is 0 Å². The van der Waals surface area contributed by atoms with Crippen LogP contribution < -0.4 is 5.32 Å². The Bertz CT molecular complexity index is 411. The quantitative estimate of drug-likeness (QED) is 0.835. The van der Waals surface area contributed by atoms with Gasteiger partial charge in [0.25, 0.3) is 0 Å². The van der Waals surface area contributed by atoms with Crippen molar-refractivity contribution in [3.8, 4) is 0 Å². The smallest absolute Gasteiger partial charge is 0.0825 e. The first kappa shape index (κ1) is 10.2. The predicted molar refractivity (Wildman–Crippen MR) is 64.4 cm³/mol. The van der Waals surface area contributed by atoms with Gasteiger partial charge in [-0.05, 0) is 43.2 Å². The van der Waals surface area contributed by atoms with Gasteiger partial charge in [-0.15, -0.1) is 0 Å². The van der Waals surface area contributed by atoms with Crippen LogP contribution in [0.25, 0.3) is 0 Å². The van der Waals surface area contributed by atoms with E-state index in [1.165, 1.54) is 5.56 Å². The molecular formula is C11H15N3S. The number of thiophene rings is 1. The lowest BCUT2D eigenvalue weighted by atomic mass is 10.1. The molecule has 4 heteroatoms. The van der Waals surface area contributed by atoms with Crippen molar-refractivity contribution in [1.82, 2.24) is 10.2 Å². The molecule has 0 saturated heterocycles. The third-order valence-corrected chi connectivity index (χ3v) is 3.23. The molecule has 1 atom stereocenters. The molecule has 2 heterocycles. The van der Waals surface area contributed by atoms with Crippen LogP contribution in [0.5, 0.6) is 0 Å². The summed E-state index contributed by atoms with van der Waals surface area (Å²) in [5.41, 5.74) is 4.55. The largest absolute Gasteiger partial charge is 0.376 e. The molecule has 1 unspecified atom stereocenters. The SMILES string of the molecule is Cc1n[nH]c(C)c1NC(C)c1ccsc1. The number of hydrogen-bond acceptors (Lipinski definition) is 3. The van der Waals surface area contributed by atoms with E-state index < -0.39 is 0 Å². The highest BCUT2D eigenvalue weighted by Gasteiger charge is 2.10. The molecule has 2 N–H and O–H groups in total. The maximum absolute atomic E-state index is 4.17. The second-order valence-electron chi connectivity index (χ2n) is 3.73. The maximum Gasteiger partial charge on any atom is 0.0825 e. The number of aromatic nitrogens is 2. The van der Waals surface area contributed by atoms with Crippen LogP contribution in [-0.2, 0) is 0 Å². The highest BCUT2D eigenvalue weighted by atomic mass is 32.1. The molecule has 0 amide bonds. The van der Waals surface area contributed by atoms with Crippen molar-refractivity contribution in [1.29, 1.82) is 0 Å². The summed E-state index contributed by atoms with van der Waals surface area (Å²) in [5, 5.41) is 14.9. The van der Waals surface area contributed by atoms with Gasteiger partial charge in [-0.1, -0.05) is 0 Å². The molecule has 0 aliphatic rings. The van der Waals surface area contributed by atoms with Crippen LogP contribution in [-0.4, -0.2) is 10.2 Å². The molecule has 80 valence electrons. The van der Waals surface area contributed by atoms with E-state index in [2.05, 4.69) is 39.3 Å². The summed E-state index contributed by atoms with van der Waals surface area (Å²) in [4.78, 5) is 0. The first-order valence-electron chi connectivity index (χ1n) is 4.98. The van der Waals surface area contributed by atoms with Crippen molar-refractivity contribution in [2.24, 2.45) is 0 Å². The number of nitrogens with zero attached hydrogens (tertiary/aromatic N) is 1. The minimum absolute atomic E-state index is 0.325. The molecule has 0 radical (unpaired) electrons. The lowest BCUT2D eigenvalue weighted by Crippen LogP contribution is -2.06. The summed E-state index contributed by atoms with van der Waals surface area (Å²) < 4.78 is 0. The number of hydrogen-bond donors (Lipinski definition) is 2. The normalized spacial score (nSPS) is 12.7. The van der Waals surface area contributed by atoms with Crippen molar-refractivity contribution < 1.29 is 0 Å². The van der Waals surface area contributed by atoms with E-state index in [0.717, 1.165) is 17.1 Å². The molecule has 0 aromatic carbocycles. The van der Waals surface area contributed by atoms with Crippen molar-refractivity contribution in [2.75, 3.05) is 5.32 Å². The molecule has 2 aromatic rings. The van der Waals surface area contributed by atoms with Crippen molar-refractivity contribution in [3.63, 3.8) is 0 Å². The maximum atomic E-state index is 4.17. The van der Waals surface area contributed by atoms with Crippen molar-refractivity contribution in [2.45, 2.75) is 26.8 Å². The Labute approximate surface area is 93.5 Å². The fourth-order valence-electron chi connectivity index (χ4n) is 1.58. The van der Waals surface area contributed by atoms with Gasteiger partial charge in [-0.25, -0.2) is 0 Å². The van der Waals surface area contributed by atoms with Gasteiger partial charge in [-0.3, -0.25) is 5.10 Å². The Hall–Kier alpha value is -1.29. The first-order valence-corrected chi connectivity index (χ1v) is 5.93. The summed E-state index contributed by atoms with van der Waals surface area (Å²) in [6.45, 7) is 6.20. The number of rotatable bonds is 3. The van der Waals surface area contributed by atoms with E-state index in [1.54, 1.807) is 11.3 Å². The summed E-state index contributed by atoms with van der Waals surface area (Å²) in [5.74, 6) is 0. The minimum atomic E-state index is 0.325. The predicted octanol–water partition coefficient (Wildman–Crippen LogP) is 3.26. The molecular weight excluding hydrogens is 206 g/mol. The summed E-state index contributed by atoms with van der Waals surface area (Å²) in [6.07, 6.45) is 0. The highest BCUT2D eigenvalue weighted by Crippen LogP contribution is 2.24. The molecule has 2 rings (SSSR count). The van der Waals surface area contributed by atoms with E-state index in [-0.39, 0.29) is 0 Å². The van der Waals surface area contributed by atoms with Gasteiger partial charge < -0.3 is 5.32 Å². The summed E-state index contributed by atoms with van der Waals surface area (Å²) >= 11 is 1.73. The molecule has 0 spiro atoms. The third kappa shape index (κ3) is 2.04. The average molecular weight is 221 g/mol. The van der Waals surface area contributed by atoms with Crippen LogP contribution in [0.4, 0.5) is 5.69 Å². The van der Waals surface area contributed by atoms with E-state index in [1.807, 2.05) is 13.8 Å². The van der Waals surface area contributed by atoms with Gasteiger partial charge in [0.1, 0.15) is 0 Å². The minimum Gasteiger partial charge on any atom is -0.376 e. The molecule has 0 saturated carbocycles. The molecule has 0 fully saturated rings. The summed E-state index contributed by atoms with van der Waals surface area (Å²) in [7, 11) is 0. The van der Waals surface area contributed by atoms with Crippen LogP contribution in [0.2, 0.25) is 0 Å². The zero-order valence-corrected chi connectivity index (χ0v) is 9.98. The molecule has 2 aromatic heterocycles. The molecule has 3 nitrogen and oxygen atoms in total. The zero-order chi connectivity index (χ0) is 10.8. The topological polar surface area (TPSA) is 40.7 Å². The van der Waals surface area contributed by atoms with Crippen LogP contribution in [0.1, 0.15) is 29.9 Å². The fourth-order valence-corrected chi connectivity index (χ4v) is 2.34. The van der Waals surface area contributed by atoms with Gasteiger partial charge in [-0.2, -0.15) is 16.4 Å². The monoisotopic (exact) mass is 221 g/mol. The molecule has 0 aliphatic heterocycles. The van der Waals surface area contributed by atoms with Gasteiger partial charge in [0.2, 0.25) is 0 Å². The molecule has 0 aliphatic carbocycles. The zero-order valence-electron chi connectivity index (χ0n) is 9.16. The van der Waals surface area contributed by atoms with Crippen LogP contribution in [0.3, 0.4) is 0 Å². The van der Waals surface area contributed by atoms with Crippen LogP contribution in [0.15, 0.2) is 16.8 Å². The standard InChI is InChI=1S/C11H15N3S/c1-7(10-4-5-15-6-10)12-11-8(2)13-14-9(11)3/h4-7,12H,1-3H3,(H,13,14). The van der Waals surface area contributed by atoms with Crippen molar-refractivity contribution in [3.05, 3.63) is 33.8 Å². The number of nitrogens with one attached hydrogen (secondary N) is 2. The Kier molecular flexibility index (Phi) is 2.77. The average Bonchev–Trinajstić information content (AvgIpc) is 2.82. The fraction of sp³-hybridized carbons (Fsp3) is 0.364. The summed E-state index contributed by atoms with van der Waals surface area (Å²) in [6, 6.07) is 2.47. The second-order valence-corrected chi connectivity index (χ2v) is 4.51. The number of anilines is 1. The molecule has 15 heavy (non-hydrogen) atoms. The van der Waals surface area contributed by atoms with E-state index in [4.69, 9.17) is 0 Å². The van der Waals surface area contributed by atoms with Gasteiger partial charge in [0, 0.05) is 6.04 Å². The van der Waals surface area contributed by atoms with Crippen LogP contribution >= 0.6 is 11.3 Å². The van der Waals surface area contributed by atoms with Crippen LogP contribution in [0, 0.1) is 13.8 Å². The highest BCUT2D eigenvalue weighted by molar-refractivity contribution is 7.07. The molecule has 0 bridgehead atoms. The lowest BCUT2D eigenvalue weighted by molar-refractivity contribution is 0.886. The Morgan fingerprint density at radius 3 is 2.80 bits per heavy atom. The Balaban J connectivity index is 2.16. The first-order chi connectivity index (χ1) is 7.18. The van der Waals surface area contributed by atoms with Crippen molar-refractivity contribution >= 4 is 17.0 Å². The number of H-pyrrole nitrogens is 1. The number of aromatic amines is 1. The number of aryl methyl sites for hydroxylation is 2. The Morgan fingerprint density at radius 1 is 1.47 bits per heavy atom. The van der Waals surface area contributed by atoms with E-state index in [0.29, 0.717) is 6.04 Å². The van der Waals surface area contributed by atoms with Gasteiger partial charge in [0.15, 0.2) is 0 Å². The third-order valence-electron chi connectivity index (χ3n) is 2.53. The second kappa shape index (κ2) is 4.06. The lowest BCUT2D eigenvalue weighted by Gasteiger charge is -2.13. The van der Waals surface area contributed by atoms with Gasteiger partial charge in [0.05, 0.1) is 17.1 Å².